The van der Waals surface area contributed by atoms with Gasteiger partial charge in [-0.15, -0.1) is 0 Å². The molecule has 1 saturated heterocycles. The Morgan fingerprint density at radius 2 is 2.06 bits per heavy atom. The Kier molecular flexibility index (Phi) is 2.40. The first kappa shape index (κ1) is 10.4. The van der Waals surface area contributed by atoms with Crippen molar-refractivity contribution in [2.75, 3.05) is 13.1 Å². The van der Waals surface area contributed by atoms with Gasteiger partial charge in [0.1, 0.15) is 0 Å². The molecule has 0 radical (unpaired) electrons. The maximum atomic E-state index is 13.2. The smallest absolute Gasteiger partial charge is 0.160 e. The topological polar surface area (TPSA) is 29.9 Å². The van der Waals surface area contributed by atoms with Crippen LogP contribution in [0.4, 0.5) is 8.78 Å². The fourth-order valence-corrected chi connectivity index (χ4v) is 1.96. The molecular formula is C12H11F2N3. The van der Waals surface area contributed by atoms with Crippen LogP contribution in [0.2, 0.25) is 0 Å². The molecule has 2 aromatic rings. The van der Waals surface area contributed by atoms with Gasteiger partial charge in [0.05, 0.1) is 6.33 Å². The minimum absolute atomic E-state index is 0.394. The van der Waals surface area contributed by atoms with Gasteiger partial charge in [0.25, 0.3) is 0 Å². The summed E-state index contributed by atoms with van der Waals surface area (Å²) >= 11 is 0. The van der Waals surface area contributed by atoms with E-state index in [9.17, 15) is 8.78 Å². The third-order valence-corrected chi connectivity index (χ3v) is 3.05. The molecule has 1 N–H and O–H groups in total. The number of hydrogen-bond donors (Lipinski definition) is 1. The Bertz CT molecular complexity index is 546. The van der Waals surface area contributed by atoms with Gasteiger partial charge in [-0.3, -0.25) is 0 Å². The van der Waals surface area contributed by atoms with Crippen molar-refractivity contribution in [1.82, 2.24) is 14.9 Å². The molecule has 0 atom stereocenters. The third-order valence-electron chi connectivity index (χ3n) is 3.05. The van der Waals surface area contributed by atoms with Crippen LogP contribution in [-0.4, -0.2) is 22.6 Å². The molecule has 3 rings (SSSR count). The Labute approximate surface area is 97.1 Å². The van der Waals surface area contributed by atoms with Gasteiger partial charge in [0, 0.05) is 42.7 Å². The molecule has 5 heteroatoms. The second-order valence-corrected chi connectivity index (χ2v) is 4.14. The number of hydrogen-bond acceptors (Lipinski definition) is 2. The Balaban J connectivity index is 2.02. The number of nitrogens with one attached hydrogen (secondary N) is 1. The summed E-state index contributed by atoms with van der Waals surface area (Å²) in [6.07, 6.45) is 3.40. The van der Waals surface area contributed by atoms with Crippen LogP contribution in [0.1, 0.15) is 11.6 Å². The lowest BCUT2D eigenvalue weighted by Gasteiger charge is -2.27. The van der Waals surface area contributed by atoms with Gasteiger partial charge < -0.3 is 9.88 Å². The van der Waals surface area contributed by atoms with Gasteiger partial charge in [-0.1, -0.05) is 0 Å². The molecule has 0 saturated carbocycles. The van der Waals surface area contributed by atoms with Crippen LogP contribution in [0, 0.1) is 11.6 Å². The van der Waals surface area contributed by atoms with Crippen molar-refractivity contribution >= 4 is 0 Å². The number of aromatic nitrogens is 2. The Morgan fingerprint density at radius 3 is 2.71 bits per heavy atom. The van der Waals surface area contributed by atoms with Crippen LogP contribution in [-0.2, 0) is 0 Å². The van der Waals surface area contributed by atoms with Crippen molar-refractivity contribution in [3.05, 3.63) is 48.1 Å². The molecule has 1 aromatic heterocycles. The first-order valence-corrected chi connectivity index (χ1v) is 5.44. The van der Waals surface area contributed by atoms with Crippen molar-refractivity contribution in [1.29, 1.82) is 0 Å². The van der Waals surface area contributed by atoms with Crippen molar-refractivity contribution in [3.8, 4) is 5.69 Å². The zero-order valence-electron chi connectivity index (χ0n) is 9.03. The van der Waals surface area contributed by atoms with Crippen LogP contribution >= 0.6 is 0 Å². The number of benzene rings is 1. The van der Waals surface area contributed by atoms with Gasteiger partial charge >= 0.3 is 0 Å². The molecule has 3 nitrogen and oxygen atoms in total. The normalized spacial score (nSPS) is 15.9. The second kappa shape index (κ2) is 3.92. The number of nitrogens with zero attached hydrogens (tertiary/aromatic N) is 2. The van der Waals surface area contributed by atoms with Gasteiger partial charge in [0.2, 0.25) is 0 Å². The van der Waals surface area contributed by atoms with Gasteiger partial charge in [-0.05, 0) is 12.1 Å². The van der Waals surface area contributed by atoms with Crippen molar-refractivity contribution in [2.24, 2.45) is 0 Å². The maximum absolute atomic E-state index is 13.2. The third kappa shape index (κ3) is 1.72. The van der Waals surface area contributed by atoms with E-state index in [2.05, 4.69) is 10.3 Å². The lowest BCUT2D eigenvalue weighted by Crippen LogP contribution is -2.40. The molecule has 0 unspecified atom stereocenters. The van der Waals surface area contributed by atoms with E-state index in [1.54, 1.807) is 23.2 Å². The van der Waals surface area contributed by atoms with Crippen molar-refractivity contribution in [3.63, 3.8) is 0 Å². The quantitative estimate of drug-likeness (QED) is 0.860. The van der Waals surface area contributed by atoms with Gasteiger partial charge in [-0.2, -0.15) is 0 Å². The highest BCUT2D eigenvalue weighted by molar-refractivity contribution is 5.36. The molecule has 0 amide bonds. The summed E-state index contributed by atoms with van der Waals surface area (Å²) in [6.45, 7) is 1.80. The highest BCUT2D eigenvalue weighted by Gasteiger charge is 2.23. The lowest BCUT2D eigenvalue weighted by atomic mass is 10.00. The van der Waals surface area contributed by atoms with E-state index in [4.69, 9.17) is 0 Å². The summed E-state index contributed by atoms with van der Waals surface area (Å²) in [5.41, 5.74) is 1.62. The second-order valence-electron chi connectivity index (χ2n) is 4.14. The number of halogens is 2. The highest BCUT2D eigenvalue weighted by atomic mass is 19.2. The van der Waals surface area contributed by atoms with E-state index in [1.165, 1.54) is 6.07 Å². The zero-order chi connectivity index (χ0) is 11.8. The summed E-state index contributed by atoms with van der Waals surface area (Å²) in [7, 11) is 0. The van der Waals surface area contributed by atoms with Crippen LogP contribution < -0.4 is 5.32 Å². The molecular weight excluding hydrogens is 224 g/mol. The largest absolute Gasteiger partial charge is 0.315 e. The fraction of sp³-hybridized carbons (Fsp3) is 0.250. The van der Waals surface area contributed by atoms with Crippen LogP contribution in [0.25, 0.3) is 5.69 Å². The fourth-order valence-electron chi connectivity index (χ4n) is 1.96. The summed E-state index contributed by atoms with van der Waals surface area (Å²) in [4.78, 5) is 4.07. The first-order chi connectivity index (χ1) is 8.25. The van der Waals surface area contributed by atoms with E-state index in [-0.39, 0.29) is 0 Å². The molecule has 17 heavy (non-hydrogen) atoms. The molecule has 2 heterocycles. The van der Waals surface area contributed by atoms with Crippen molar-refractivity contribution in [2.45, 2.75) is 5.92 Å². The molecule has 0 spiro atoms. The number of imidazole rings is 1. The zero-order valence-corrected chi connectivity index (χ0v) is 9.03. The van der Waals surface area contributed by atoms with Gasteiger partial charge in [-0.25, -0.2) is 13.8 Å². The van der Waals surface area contributed by atoms with E-state index < -0.39 is 11.6 Å². The first-order valence-electron chi connectivity index (χ1n) is 5.44. The monoisotopic (exact) mass is 235 g/mol. The highest BCUT2D eigenvalue weighted by Crippen LogP contribution is 2.23. The Hall–Kier alpha value is -1.75. The van der Waals surface area contributed by atoms with E-state index in [0.717, 1.165) is 24.8 Å². The van der Waals surface area contributed by atoms with Crippen LogP contribution in [0.5, 0.6) is 0 Å². The minimum Gasteiger partial charge on any atom is -0.315 e. The molecule has 1 aliphatic rings. The molecule has 1 aromatic carbocycles. The Morgan fingerprint density at radius 1 is 1.24 bits per heavy atom. The summed E-state index contributed by atoms with van der Waals surface area (Å²) in [5.74, 6) is -1.28. The summed E-state index contributed by atoms with van der Waals surface area (Å²) in [6, 6.07) is 3.87. The van der Waals surface area contributed by atoms with Crippen molar-refractivity contribution < 1.29 is 8.78 Å². The predicted molar refractivity (Wildman–Crippen MR) is 59.1 cm³/mol. The average Bonchev–Trinajstić information content (AvgIpc) is 2.68. The molecule has 0 bridgehead atoms. The maximum Gasteiger partial charge on any atom is 0.160 e. The standard InChI is InChI=1S/C12H11F2N3/c13-10-2-1-9(3-11(10)14)17-7-16-6-12(17)8-4-15-5-8/h1-3,6-8,15H,4-5H2. The van der Waals surface area contributed by atoms with Crippen LogP contribution in [0.15, 0.2) is 30.7 Å². The van der Waals surface area contributed by atoms with Crippen LogP contribution in [0.3, 0.4) is 0 Å². The average molecular weight is 235 g/mol. The van der Waals surface area contributed by atoms with E-state index in [0.29, 0.717) is 11.6 Å². The molecule has 1 aliphatic heterocycles. The van der Waals surface area contributed by atoms with E-state index in [1.807, 2.05) is 0 Å². The van der Waals surface area contributed by atoms with E-state index >= 15 is 0 Å². The SMILES string of the molecule is Fc1ccc(-n2cncc2C2CNC2)cc1F. The number of rotatable bonds is 2. The molecule has 88 valence electrons. The summed E-state index contributed by atoms with van der Waals surface area (Å²) in [5, 5.41) is 3.17. The lowest BCUT2D eigenvalue weighted by molar-refractivity contribution is 0.435. The van der Waals surface area contributed by atoms with Gasteiger partial charge in [0.15, 0.2) is 11.6 Å². The molecule has 1 fully saturated rings. The minimum atomic E-state index is -0.839. The molecule has 0 aliphatic carbocycles. The predicted octanol–water partition coefficient (Wildman–Crippen LogP) is 1.84. The summed E-state index contributed by atoms with van der Waals surface area (Å²) < 4.78 is 27.8.